The van der Waals surface area contributed by atoms with Gasteiger partial charge in [-0.25, -0.2) is 0 Å². The predicted molar refractivity (Wildman–Crippen MR) is 64.4 cm³/mol. The van der Waals surface area contributed by atoms with Gasteiger partial charge in [-0.05, 0) is 42.8 Å². The van der Waals surface area contributed by atoms with E-state index in [1.165, 1.54) is 6.26 Å². The monoisotopic (exact) mass is 231 g/mol. The van der Waals surface area contributed by atoms with Crippen LogP contribution in [0, 0.1) is 6.92 Å². The lowest BCUT2D eigenvalue weighted by Gasteiger charge is -2.07. The molecule has 0 atom stereocenters. The van der Waals surface area contributed by atoms with Gasteiger partial charge in [-0.2, -0.15) is 0 Å². The molecule has 0 bridgehead atoms. The quantitative estimate of drug-likeness (QED) is 0.883. The van der Waals surface area contributed by atoms with Crippen molar-refractivity contribution in [2.24, 2.45) is 0 Å². The van der Waals surface area contributed by atoms with Crippen LogP contribution in [-0.2, 0) is 0 Å². The number of carbonyl (C=O) groups is 1. The third kappa shape index (κ3) is 2.47. The molecule has 0 aliphatic carbocycles. The van der Waals surface area contributed by atoms with Crippen molar-refractivity contribution in [3.8, 4) is 5.75 Å². The van der Waals surface area contributed by atoms with Gasteiger partial charge in [0.1, 0.15) is 5.75 Å². The molecule has 0 fully saturated rings. The van der Waals surface area contributed by atoms with Crippen molar-refractivity contribution in [3.05, 3.63) is 47.9 Å². The molecule has 88 valence electrons. The van der Waals surface area contributed by atoms with Gasteiger partial charge in [-0.3, -0.25) is 4.79 Å². The van der Waals surface area contributed by atoms with E-state index in [2.05, 4.69) is 5.32 Å². The largest absolute Gasteiger partial charge is 0.496 e. The average molecular weight is 231 g/mol. The SMILES string of the molecule is COc1ccc(NC(=O)c2ccco2)cc1C. The van der Waals surface area contributed by atoms with E-state index in [0.29, 0.717) is 11.4 Å². The molecular weight excluding hydrogens is 218 g/mol. The topological polar surface area (TPSA) is 51.5 Å². The van der Waals surface area contributed by atoms with Crippen molar-refractivity contribution < 1.29 is 13.9 Å². The van der Waals surface area contributed by atoms with E-state index < -0.39 is 0 Å². The molecule has 1 heterocycles. The molecule has 0 saturated carbocycles. The summed E-state index contributed by atoms with van der Waals surface area (Å²) in [4.78, 5) is 11.7. The molecule has 0 unspecified atom stereocenters. The summed E-state index contributed by atoms with van der Waals surface area (Å²) in [6.45, 7) is 1.92. The fourth-order valence-corrected chi connectivity index (χ4v) is 1.56. The van der Waals surface area contributed by atoms with Crippen LogP contribution in [-0.4, -0.2) is 13.0 Å². The minimum Gasteiger partial charge on any atom is -0.496 e. The summed E-state index contributed by atoms with van der Waals surface area (Å²) >= 11 is 0. The molecule has 2 rings (SSSR count). The van der Waals surface area contributed by atoms with Crippen LogP contribution >= 0.6 is 0 Å². The highest BCUT2D eigenvalue weighted by Crippen LogP contribution is 2.21. The Morgan fingerprint density at radius 2 is 2.18 bits per heavy atom. The van der Waals surface area contributed by atoms with E-state index in [-0.39, 0.29) is 5.91 Å². The van der Waals surface area contributed by atoms with Gasteiger partial charge >= 0.3 is 0 Å². The molecule has 17 heavy (non-hydrogen) atoms. The van der Waals surface area contributed by atoms with Crippen molar-refractivity contribution in [2.45, 2.75) is 6.92 Å². The number of nitrogens with one attached hydrogen (secondary N) is 1. The maximum atomic E-state index is 11.7. The summed E-state index contributed by atoms with van der Waals surface area (Å²) in [5.74, 6) is 0.819. The van der Waals surface area contributed by atoms with Gasteiger partial charge in [0.25, 0.3) is 5.91 Å². The smallest absolute Gasteiger partial charge is 0.291 e. The number of carbonyl (C=O) groups excluding carboxylic acids is 1. The molecule has 0 spiro atoms. The zero-order chi connectivity index (χ0) is 12.3. The number of ether oxygens (including phenoxy) is 1. The van der Waals surface area contributed by atoms with E-state index in [0.717, 1.165) is 11.3 Å². The van der Waals surface area contributed by atoms with Gasteiger partial charge in [0.05, 0.1) is 13.4 Å². The summed E-state index contributed by atoms with van der Waals surface area (Å²) in [5, 5.41) is 2.75. The van der Waals surface area contributed by atoms with Gasteiger partial charge in [-0.1, -0.05) is 0 Å². The van der Waals surface area contributed by atoms with Gasteiger partial charge in [0.15, 0.2) is 5.76 Å². The van der Waals surface area contributed by atoms with Gasteiger partial charge in [-0.15, -0.1) is 0 Å². The van der Waals surface area contributed by atoms with Gasteiger partial charge in [0.2, 0.25) is 0 Å². The van der Waals surface area contributed by atoms with Crippen LogP contribution in [0.3, 0.4) is 0 Å². The number of methoxy groups -OCH3 is 1. The van der Waals surface area contributed by atoms with Gasteiger partial charge < -0.3 is 14.5 Å². The number of hydrogen-bond acceptors (Lipinski definition) is 3. The molecule has 0 aliphatic heterocycles. The first kappa shape index (κ1) is 11.3. The second-order valence-corrected chi connectivity index (χ2v) is 3.62. The lowest BCUT2D eigenvalue weighted by Crippen LogP contribution is -2.10. The molecule has 1 amide bonds. The van der Waals surface area contributed by atoms with Crippen LogP contribution in [0.4, 0.5) is 5.69 Å². The molecular formula is C13H13NO3. The van der Waals surface area contributed by atoms with Crippen LogP contribution in [0.5, 0.6) is 5.75 Å². The summed E-state index contributed by atoms with van der Waals surface area (Å²) in [7, 11) is 1.61. The fourth-order valence-electron chi connectivity index (χ4n) is 1.56. The summed E-state index contributed by atoms with van der Waals surface area (Å²) in [5.41, 5.74) is 1.68. The molecule has 0 saturated heterocycles. The Hall–Kier alpha value is -2.23. The first-order valence-corrected chi connectivity index (χ1v) is 5.20. The van der Waals surface area contributed by atoms with Crippen molar-refractivity contribution in [2.75, 3.05) is 12.4 Å². The zero-order valence-electron chi connectivity index (χ0n) is 9.69. The second kappa shape index (κ2) is 4.74. The Bertz CT molecular complexity index is 517. The lowest BCUT2D eigenvalue weighted by molar-refractivity contribution is 0.0996. The molecule has 1 aromatic heterocycles. The standard InChI is InChI=1S/C13H13NO3/c1-9-8-10(5-6-11(9)16-2)14-13(15)12-4-3-7-17-12/h3-8H,1-2H3,(H,14,15). The highest BCUT2D eigenvalue weighted by atomic mass is 16.5. The predicted octanol–water partition coefficient (Wildman–Crippen LogP) is 2.85. The Kier molecular flexibility index (Phi) is 3.14. The number of benzene rings is 1. The van der Waals surface area contributed by atoms with E-state index in [9.17, 15) is 4.79 Å². The maximum Gasteiger partial charge on any atom is 0.291 e. The normalized spacial score (nSPS) is 10.0. The van der Waals surface area contributed by atoms with E-state index in [1.807, 2.05) is 19.1 Å². The molecule has 0 aliphatic rings. The van der Waals surface area contributed by atoms with Gasteiger partial charge in [0, 0.05) is 5.69 Å². The third-order valence-electron chi connectivity index (χ3n) is 2.40. The molecule has 1 aromatic carbocycles. The van der Waals surface area contributed by atoms with Crippen molar-refractivity contribution in [1.82, 2.24) is 0 Å². The Morgan fingerprint density at radius 3 is 2.76 bits per heavy atom. The minimum absolute atomic E-state index is 0.264. The zero-order valence-corrected chi connectivity index (χ0v) is 9.69. The number of aryl methyl sites for hydroxylation is 1. The maximum absolute atomic E-state index is 11.7. The van der Waals surface area contributed by atoms with Crippen molar-refractivity contribution in [1.29, 1.82) is 0 Å². The number of amides is 1. The molecule has 2 aromatic rings. The van der Waals surface area contributed by atoms with Crippen LogP contribution in [0.2, 0.25) is 0 Å². The average Bonchev–Trinajstić information content (AvgIpc) is 2.82. The number of hydrogen-bond donors (Lipinski definition) is 1. The Labute approximate surface area is 99.2 Å². The highest BCUT2D eigenvalue weighted by Gasteiger charge is 2.09. The van der Waals surface area contributed by atoms with Crippen molar-refractivity contribution >= 4 is 11.6 Å². The van der Waals surface area contributed by atoms with Crippen LogP contribution < -0.4 is 10.1 Å². The minimum atomic E-state index is -0.264. The van der Waals surface area contributed by atoms with E-state index >= 15 is 0 Å². The second-order valence-electron chi connectivity index (χ2n) is 3.62. The van der Waals surface area contributed by atoms with Crippen molar-refractivity contribution in [3.63, 3.8) is 0 Å². The number of anilines is 1. The Morgan fingerprint density at radius 1 is 1.35 bits per heavy atom. The van der Waals surface area contributed by atoms with E-state index in [1.54, 1.807) is 25.3 Å². The molecule has 4 nitrogen and oxygen atoms in total. The van der Waals surface area contributed by atoms with Crippen LogP contribution in [0.1, 0.15) is 16.1 Å². The summed E-state index contributed by atoms with van der Waals surface area (Å²) in [6.07, 6.45) is 1.47. The Balaban J connectivity index is 2.14. The summed E-state index contributed by atoms with van der Waals surface area (Å²) < 4.78 is 10.2. The van der Waals surface area contributed by atoms with Crippen LogP contribution in [0.15, 0.2) is 41.0 Å². The first-order valence-electron chi connectivity index (χ1n) is 5.20. The number of furan rings is 1. The lowest BCUT2D eigenvalue weighted by atomic mass is 10.2. The highest BCUT2D eigenvalue weighted by molar-refractivity contribution is 6.02. The fraction of sp³-hybridized carbons (Fsp3) is 0.154. The first-order chi connectivity index (χ1) is 8.20. The molecule has 0 radical (unpaired) electrons. The third-order valence-corrected chi connectivity index (χ3v) is 2.40. The molecule has 1 N–H and O–H groups in total. The summed E-state index contributed by atoms with van der Waals surface area (Å²) in [6, 6.07) is 8.74. The molecule has 4 heteroatoms. The number of rotatable bonds is 3. The van der Waals surface area contributed by atoms with E-state index in [4.69, 9.17) is 9.15 Å². The van der Waals surface area contributed by atoms with Crippen LogP contribution in [0.25, 0.3) is 0 Å².